The molecule has 0 bridgehead atoms. The maximum atomic E-state index is 12.6. The van der Waals surface area contributed by atoms with Crippen LogP contribution in [0.25, 0.3) is 0 Å². The smallest absolute Gasteiger partial charge is 0.462 e. The lowest BCUT2D eigenvalue weighted by Crippen LogP contribution is -2.29. The molecule has 0 aliphatic rings. The number of unbranched alkanes of at least 4 members (excludes halogenated alkanes) is 24. The fourth-order valence-electron chi connectivity index (χ4n) is 6.10. The first kappa shape index (κ1) is 53.5. The summed E-state index contributed by atoms with van der Waals surface area (Å²) in [6.07, 6.45) is 39.9. The molecule has 0 aliphatic carbocycles. The van der Waals surface area contributed by atoms with Gasteiger partial charge in [0.1, 0.15) is 12.7 Å². The van der Waals surface area contributed by atoms with Crippen molar-refractivity contribution in [2.45, 2.75) is 219 Å². The van der Waals surface area contributed by atoms with Gasteiger partial charge in [-0.3, -0.25) is 18.6 Å². The third-order valence-electron chi connectivity index (χ3n) is 9.58. The van der Waals surface area contributed by atoms with E-state index in [1.54, 1.807) is 0 Å². The molecule has 0 spiro atoms. The van der Waals surface area contributed by atoms with Crippen LogP contribution in [0, 0.1) is 0 Å². The lowest BCUT2D eigenvalue weighted by molar-refractivity contribution is -0.161. The summed E-state index contributed by atoms with van der Waals surface area (Å²) in [5, 5.41) is 18.3. The monoisotopic (exact) mass is 803 g/mol. The Morgan fingerprint density at radius 1 is 0.527 bits per heavy atom. The Morgan fingerprint density at radius 2 is 0.891 bits per heavy atom. The molecule has 3 N–H and O–H groups in total. The molecule has 3 unspecified atom stereocenters. The summed E-state index contributed by atoms with van der Waals surface area (Å²) in [6.45, 7) is 2.37. The van der Waals surface area contributed by atoms with Gasteiger partial charge in [-0.05, 0) is 64.2 Å². The van der Waals surface area contributed by atoms with E-state index in [0.29, 0.717) is 12.8 Å². The van der Waals surface area contributed by atoms with Gasteiger partial charge in [-0.25, -0.2) is 4.57 Å². The Bertz CT molecular complexity index is 972. The molecule has 11 heteroatoms. The van der Waals surface area contributed by atoms with Crippen LogP contribution in [0.3, 0.4) is 0 Å². The normalized spacial score (nSPS) is 14.1. The van der Waals surface area contributed by atoms with Gasteiger partial charge in [-0.2, -0.15) is 0 Å². The van der Waals surface area contributed by atoms with Crippen LogP contribution < -0.4 is 0 Å². The van der Waals surface area contributed by atoms with Crippen LogP contribution in [0.5, 0.6) is 0 Å². The zero-order valence-corrected chi connectivity index (χ0v) is 36.0. The van der Waals surface area contributed by atoms with E-state index in [9.17, 15) is 24.2 Å². The van der Waals surface area contributed by atoms with E-state index < -0.39 is 51.8 Å². The molecule has 0 aromatic carbocycles. The minimum absolute atomic E-state index is 0.179. The molecule has 3 atom stereocenters. The van der Waals surface area contributed by atoms with Crippen LogP contribution in [-0.4, -0.2) is 65.7 Å². The first-order valence-corrected chi connectivity index (χ1v) is 23.8. The van der Waals surface area contributed by atoms with Crippen LogP contribution in [0.2, 0.25) is 0 Å². The Hall–Kier alpha value is -1.55. The van der Waals surface area contributed by atoms with Crippen molar-refractivity contribution in [1.29, 1.82) is 0 Å². The molecule has 0 radical (unpaired) electrons. The molecular weight excluding hydrogens is 719 g/mol. The molecular formula is C44H83O10P. The van der Waals surface area contributed by atoms with E-state index in [1.165, 1.54) is 109 Å². The van der Waals surface area contributed by atoms with Gasteiger partial charge in [0.05, 0.1) is 19.8 Å². The van der Waals surface area contributed by atoms with Crippen molar-refractivity contribution < 1.29 is 47.8 Å². The highest BCUT2D eigenvalue weighted by Crippen LogP contribution is 2.43. The summed E-state index contributed by atoms with van der Waals surface area (Å²) in [7, 11) is -4.62. The van der Waals surface area contributed by atoms with E-state index in [-0.39, 0.29) is 19.4 Å². The fourth-order valence-corrected chi connectivity index (χ4v) is 6.89. The minimum atomic E-state index is -4.62. The lowest BCUT2D eigenvalue weighted by Gasteiger charge is -2.20. The Morgan fingerprint density at radius 3 is 1.31 bits per heavy atom. The van der Waals surface area contributed by atoms with E-state index in [4.69, 9.17) is 23.6 Å². The number of phosphoric acid groups is 1. The Balaban J connectivity index is 4.29. The number of hydrogen-bond acceptors (Lipinski definition) is 9. The minimum Gasteiger partial charge on any atom is -0.462 e. The van der Waals surface area contributed by atoms with Crippen molar-refractivity contribution in [3.05, 3.63) is 24.3 Å². The van der Waals surface area contributed by atoms with Gasteiger partial charge >= 0.3 is 19.8 Å². The van der Waals surface area contributed by atoms with E-state index in [0.717, 1.165) is 57.8 Å². The predicted octanol–water partition coefficient (Wildman–Crippen LogP) is 11.8. The number of aliphatic hydroxyl groups is 2. The molecule has 0 saturated heterocycles. The Kier molecular flexibility index (Phi) is 39.5. The van der Waals surface area contributed by atoms with Gasteiger partial charge in [-0.1, -0.05) is 154 Å². The van der Waals surface area contributed by atoms with Crippen LogP contribution in [0.15, 0.2) is 24.3 Å². The van der Waals surface area contributed by atoms with Gasteiger partial charge in [0.15, 0.2) is 6.10 Å². The lowest BCUT2D eigenvalue weighted by atomic mass is 10.1. The maximum absolute atomic E-state index is 12.6. The summed E-state index contributed by atoms with van der Waals surface area (Å²) in [4.78, 5) is 35.0. The third kappa shape index (κ3) is 40.4. The summed E-state index contributed by atoms with van der Waals surface area (Å²) < 4.78 is 32.7. The molecule has 0 aliphatic heterocycles. The summed E-state index contributed by atoms with van der Waals surface area (Å²) >= 11 is 0. The average Bonchev–Trinajstić information content (AvgIpc) is 3.17. The van der Waals surface area contributed by atoms with Gasteiger partial charge in [-0.15, -0.1) is 0 Å². The number of aliphatic hydroxyl groups excluding tert-OH is 2. The third-order valence-corrected chi connectivity index (χ3v) is 10.5. The van der Waals surface area contributed by atoms with Crippen molar-refractivity contribution in [2.75, 3.05) is 26.4 Å². The first-order chi connectivity index (χ1) is 26.7. The molecule has 0 fully saturated rings. The number of carbonyl (C=O) groups is 2. The molecule has 0 saturated carbocycles. The zero-order valence-electron chi connectivity index (χ0n) is 35.2. The van der Waals surface area contributed by atoms with Crippen molar-refractivity contribution in [3.63, 3.8) is 0 Å². The van der Waals surface area contributed by atoms with Gasteiger partial charge in [0, 0.05) is 12.8 Å². The maximum Gasteiger partial charge on any atom is 0.472 e. The highest BCUT2D eigenvalue weighted by atomic mass is 31.2. The quantitative estimate of drug-likeness (QED) is 0.0236. The van der Waals surface area contributed by atoms with Crippen LogP contribution >= 0.6 is 7.82 Å². The number of rotatable bonds is 42. The van der Waals surface area contributed by atoms with E-state index >= 15 is 0 Å². The van der Waals surface area contributed by atoms with Crippen molar-refractivity contribution in [3.8, 4) is 0 Å². The standard InChI is InChI=1S/C44H83O10P/c1-3-5-7-9-11-13-15-17-19-20-22-24-26-28-30-32-34-36-44(48)54-42(40-53-55(49,50)52-38-41(46)37-45)39-51-43(47)35-33-31-29-27-25-23-21-18-16-14-12-10-8-6-4-2/h17-19,21,41-42,45-46H,3-16,20,22-40H2,1-2H3,(H,49,50)/b19-17-,21-18-. The fraction of sp³-hybridized carbons (Fsp3) is 0.864. The second-order valence-electron chi connectivity index (χ2n) is 15.1. The predicted molar refractivity (Wildman–Crippen MR) is 224 cm³/mol. The molecule has 0 aromatic rings. The van der Waals surface area contributed by atoms with E-state index in [2.05, 4.69) is 38.2 Å². The number of esters is 2. The summed E-state index contributed by atoms with van der Waals surface area (Å²) in [6, 6.07) is 0. The second kappa shape index (κ2) is 40.6. The van der Waals surface area contributed by atoms with Crippen molar-refractivity contribution in [1.82, 2.24) is 0 Å². The molecule has 0 rings (SSSR count). The van der Waals surface area contributed by atoms with E-state index in [1.807, 2.05) is 0 Å². The molecule has 0 amide bonds. The number of phosphoric ester groups is 1. The van der Waals surface area contributed by atoms with Crippen LogP contribution in [0.4, 0.5) is 0 Å². The first-order valence-electron chi connectivity index (χ1n) is 22.3. The molecule has 0 aromatic heterocycles. The molecule has 55 heavy (non-hydrogen) atoms. The van der Waals surface area contributed by atoms with Gasteiger partial charge in [0.2, 0.25) is 0 Å². The Labute approximate surface area is 336 Å². The summed E-state index contributed by atoms with van der Waals surface area (Å²) in [5.74, 6) is -0.934. The number of allylic oxidation sites excluding steroid dienone is 4. The number of hydrogen-bond donors (Lipinski definition) is 3. The average molecular weight is 803 g/mol. The van der Waals surface area contributed by atoms with Crippen LogP contribution in [0.1, 0.15) is 206 Å². The second-order valence-corrected chi connectivity index (χ2v) is 16.5. The molecule has 324 valence electrons. The van der Waals surface area contributed by atoms with Crippen LogP contribution in [-0.2, 0) is 32.7 Å². The SMILES string of the molecule is CCCCCCCC/C=C\CCCCCCCCCC(=O)OC(COC(=O)CCCCCCC/C=C\CCCCCCCC)COP(=O)(O)OCC(O)CO. The highest BCUT2D eigenvalue weighted by Gasteiger charge is 2.27. The van der Waals surface area contributed by atoms with Crippen molar-refractivity contribution in [2.24, 2.45) is 0 Å². The topological polar surface area (TPSA) is 149 Å². The zero-order chi connectivity index (χ0) is 40.5. The number of ether oxygens (including phenoxy) is 2. The van der Waals surface area contributed by atoms with Crippen molar-refractivity contribution >= 4 is 19.8 Å². The summed E-state index contributed by atoms with van der Waals surface area (Å²) in [5.41, 5.74) is 0. The largest absolute Gasteiger partial charge is 0.472 e. The number of carbonyl (C=O) groups excluding carboxylic acids is 2. The highest BCUT2D eigenvalue weighted by molar-refractivity contribution is 7.47. The molecule has 0 heterocycles. The van der Waals surface area contributed by atoms with Gasteiger partial charge < -0.3 is 24.6 Å². The molecule has 10 nitrogen and oxygen atoms in total. The van der Waals surface area contributed by atoms with Gasteiger partial charge in [0.25, 0.3) is 0 Å².